The molecule has 0 aromatic heterocycles. The van der Waals surface area contributed by atoms with Crippen molar-refractivity contribution < 1.29 is 14.3 Å². The Kier molecular flexibility index (Phi) is 5.39. The highest BCUT2D eigenvalue weighted by Gasteiger charge is 2.30. The summed E-state index contributed by atoms with van der Waals surface area (Å²) in [5.41, 5.74) is 1.76. The molecule has 1 unspecified atom stereocenters. The van der Waals surface area contributed by atoms with Crippen molar-refractivity contribution in [2.45, 2.75) is 19.4 Å². The number of likely N-dealkylation sites (N-methyl/N-ethyl adjacent to an activating group) is 1. The first-order valence-corrected chi connectivity index (χ1v) is 7.46. The van der Waals surface area contributed by atoms with E-state index < -0.39 is 0 Å². The van der Waals surface area contributed by atoms with Crippen molar-refractivity contribution in [3.8, 4) is 5.75 Å². The molecule has 1 aromatic carbocycles. The largest absolute Gasteiger partial charge is 0.492 e. The van der Waals surface area contributed by atoms with Gasteiger partial charge in [0.05, 0.1) is 11.1 Å². The zero-order valence-corrected chi connectivity index (χ0v) is 13.2. The van der Waals surface area contributed by atoms with E-state index in [4.69, 9.17) is 9.47 Å². The van der Waals surface area contributed by atoms with Crippen molar-refractivity contribution in [3.05, 3.63) is 22.2 Å². The van der Waals surface area contributed by atoms with Crippen molar-refractivity contribution in [3.63, 3.8) is 0 Å². The molecule has 1 atom stereocenters. The smallest absolute Gasteiger partial charge is 0.246 e. The lowest BCUT2D eigenvalue weighted by Crippen LogP contribution is -2.27. The van der Waals surface area contributed by atoms with E-state index in [-0.39, 0.29) is 11.9 Å². The number of nitrogens with one attached hydrogen (secondary N) is 2. The molecule has 0 saturated heterocycles. The number of fused-ring (bicyclic) bond motifs is 1. The SMILES string of the molecule is CCNC1C(=O)Nc2cc(OCCCOC)c(Br)cc21. The fraction of sp³-hybridized carbons (Fsp3) is 0.500. The second-order valence-electron chi connectivity index (χ2n) is 4.54. The minimum Gasteiger partial charge on any atom is -0.492 e. The summed E-state index contributed by atoms with van der Waals surface area (Å²) >= 11 is 3.49. The van der Waals surface area contributed by atoms with Crippen LogP contribution >= 0.6 is 15.9 Å². The Hall–Kier alpha value is -1.11. The molecule has 0 bridgehead atoms. The third kappa shape index (κ3) is 3.31. The average Bonchev–Trinajstić information content (AvgIpc) is 2.71. The Labute approximate surface area is 127 Å². The number of methoxy groups -OCH3 is 1. The Morgan fingerprint density at radius 2 is 2.20 bits per heavy atom. The summed E-state index contributed by atoms with van der Waals surface area (Å²) in [4.78, 5) is 11.9. The van der Waals surface area contributed by atoms with Crippen molar-refractivity contribution in [2.24, 2.45) is 0 Å². The van der Waals surface area contributed by atoms with Crippen molar-refractivity contribution in [1.82, 2.24) is 5.32 Å². The summed E-state index contributed by atoms with van der Waals surface area (Å²) in [6, 6.07) is 3.52. The van der Waals surface area contributed by atoms with Gasteiger partial charge < -0.3 is 20.1 Å². The maximum Gasteiger partial charge on any atom is 0.246 e. The predicted molar refractivity (Wildman–Crippen MR) is 81.2 cm³/mol. The Bertz CT molecular complexity index is 494. The van der Waals surface area contributed by atoms with Gasteiger partial charge in [0, 0.05) is 37.5 Å². The zero-order valence-electron chi connectivity index (χ0n) is 11.7. The molecule has 0 fully saturated rings. The molecule has 6 heteroatoms. The lowest BCUT2D eigenvalue weighted by Gasteiger charge is -2.12. The normalized spacial score (nSPS) is 16.9. The second-order valence-corrected chi connectivity index (χ2v) is 5.40. The van der Waals surface area contributed by atoms with Gasteiger partial charge in [0.2, 0.25) is 5.91 Å². The lowest BCUT2D eigenvalue weighted by atomic mass is 10.1. The van der Waals surface area contributed by atoms with Crippen LogP contribution in [0.1, 0.15) is 24.9 Å². The standard InChI is InChI=1S/C14H19BrN2O3/c1-3-16-13-9-7-10(15)12(20-6-4-5-19-2)8-11(9)17-14(13)18/h7-8,13,16H,3-6H2,1-2H3,(H,17,18). The van der Waals surface area contributed by atoms with Crippen LogP contribution in [0.2, 0.25) is 0 Å². The van der Waals surface area contributed by atoms with Crippen LogP contribution in [0.3, 0.4) is 0 Å². The highest BCUT2D eigenvalue weighted by atomic mass is 79.9. The van der Waals surface area contributed by atoms with Gasteiger partial charge >= 0.3 is 0 Å². The molecule has 0 saturated carbocycles. The highest BCUT2D eigenvalue weighted by Crippen LogP contribution is 2.38. The second kappa shape index (κ2) is 7.06. The van der Waals surface area contributed by atoms with Gasteiger partial charge in [-0.05, 0) is 28.5 Å². The number of benzene rings is 1. The van der Waals surface area contributed by atoms with Gasteiger partial charge in [-0.25, -0.2) is 0 Å². The molecule has 0 spiro atoms. The number of hydrogen-bond acceptors (Lipinski definition) is 4. The van der Waals surface area contributed by atoms with E-state index in [1.807, 2.05) is 19.1 Å². The van der Waals surface area contributed by atoms with Gasteiger partial charge in [0.15, 0.2) is 0 Å². The molecular weight excluding hydrogens is 324 g/mol. The molecule has 1 amide bonds. The van der Waals surface area contributed by atoms with E-state index in [1.165, 1.54) is 0 Å². The minimum absolute atomic E-state index is 0.0229. The van der Waals surface area contributed by atoms with E-state index in [2.05, 4.69) is 26.6 Å². The summed E-state index contributed by atoms with van der Waals surface area (Å²) in [7, 11) is 1.67. The molecule has 1 aliphatic rings. The molecule has 2 rings (SSSR count). The first-order valence-electron chi connectivity index (χ1n) is 6.66. The summed E-state index contributed by atoms with van der Waals surface area (Å²) in [6.45, 7) is 3.97. The number of rotatable bonds is 7. The highest BCUT2D eigenvalue weighted by molar-refractivity contribution is 9.10. The number of hydrogen-bond donors (Lipinski definition) is 2. The number of anilines is 1. The van der Waals surface area contributed by atoms with E-state index in [0.717, 1.165) is 34.4 Å². The van der Waals surface area contributed by atoms with Gasteiger partial charge in [-0.2, -0.15) is 0 Å². The predicted octanol–water partition coefficient (Wildman–Crippen LogP) is 2.47. The van der Waals surface area contributed by atoms with E-state index >= 15 is 0 Å². The fourth-order valence-electron chi connectivity index (χ4n) is 2.16. The van der Waals surface area contributed by atoms with Crippen molar-refractivity contribution >= 4 is 27.5 Å². The number of carbonyl (C=O) groups excluding carboxylic acids is 1. The summed E-state index contributed by atoms with van der Waals surface area (Å²) < 4.78 is 11.5. The number of carbonyl (C=O) groups is 1. The molecule has 20 heavy (non-hydrogen) atoms. The maximum atomic E-state index is 11.9. The Morgan fingerprint density at radius 1 is 1.40 bits per heavy atom. The first kappa shape index (κ1) is 15.3. The van der Waals surface area contributed by atoms with Crippen LogP contribution in [0.15, 0.2) is 16.6 Å². The van der Waals surface area contributed by atoms with Crippen molar-refractivity contribution in [2.75, 3.05) is 32.2 Å². The van der Waals surface area contributed by atoms with Crippen LogP contribution < -0.4 is 15.4 Å². The van der Waals surface area contributed by atoms with Gasteiger partial charge in [-0.3, -0.25) is 4.79 Å². The molecular formula is C14H19BrN2O3. The average molecular weight is 343 g/mol. The van der Waals surface area contributed by atoms with Crippen molar-refractivity contribution in [1.29, 1.82) is 0 Å². The zero-order chi connectivity index (χ0) is 14.5. The van der Waals surface area contributed by atoms with Gasteiger partial charge in [-0.1, -0.05) is 6.92 Å². The molecule has 2 N–H and O–H groups in total. The minimum atomic E-state index is -0.283. The molecule has 0 aliphatic carbocycles. The molecule has 5 nitrogen and oxygen atoms in total. The summed E-state index contributed by atoms with van der Waals surface area (Å²) in [6.07, 6.45) is 0.826. The summed E-state index contributed by atoms with van der Waals surface area (Å²) in [5.74, 6) is 0.711. The van der Waals surface area contributed by atoms with Gasteiger partial charge in [0.25, 0.3) is 0 Å². The number of ether oxygens (including phenoxy) is 2. The number of halogens is 1. The Balaban J connectivity index is 2.11. The van der Waals surface area contributed by atoms with Crippen LogP contribution in [-0.2, 0) is 9.53 Å². The first-order chi connectivity index (χ1) is 9.67. The van der Waals surface area contributed by atoms with Gasteiger partial charge in [0.1, 0.15) is 11.8 Å². The van der Waals surface area contributed by atoms with E-state index in [1.54, 1.807) is 7.11 Å². The Morgan fingerprint density at radius 3 is 2.90 bits per heavy atom. The van der Waals surface area contributed by atoms with Gasteiger partial charge in [-0.15, -0.1) is 0 Å². The third-order valence-electron chi connectivity index (χ3n) is 3.09. The number of amides is 1. The molecule has 110 valence electrons. The monoisotopic (exact) mass is 342 g/mol. The van der Waals surface area contributed by atoms with Crippen LogP contribution in [-0.4, -0.2) is 32.8 Å². The van der Waals surface area contributed by atoms with Crippen LogP contribution in [0.5, 0.6) is 5.75 Å². The molecule has 1 aliphatic heterocycles. The lowest BCUT2D eigenvalue weighted by molar-refractivity contribution is -0.117. The van der Waals surface area contributed by atoms with E-state index in [9.17, 15) is 4.79 Å². The molecule has 1 heterocycles. The van der Waals surface area contributed by atoms with Crippen LogP contribution in [0.4, 0.5) is 5.69 Å². The molecule has 1 aromatic rings. The maximum absolute atomic E-state index is 11.9. The molecule has 0 radical (unpaired) electrons. The van der Waals surface area contributed by atoms with Crippen LogP contribution in [0, 0.1) is 0 Å². The fourth-order valence-corrected chi connectivity index (χ4v) is 2.64. The topological polar surface area (TPSA) is 59.6 Å². The van der Waals surface area contributed by atoms with Crippen LogP contribution in [0.25, 0.3) is 0 Å². The quantitative estimate of drug-likeness (QED) is 0.747. The third-order valence-corrected chi connectivity index (χ3v) is 3.71. The summed E-state index contributed by atoms with van der Waals surface area (Å²) in [5, 5.41) is 6.04. The van der Waals surface area contributed by atoms with E-state index in [0.29, 0.717) is 13.2 Å².